The first-order valence-corrected chi connectivity index (χ1v) is 6.59. The first-order chi connectivity index (χ1) is 10.0. The van der Waals surface area contributed by atoms with Crippen LogP contribution < -0.4 is 10.6 Å². The van der Waals surface area contributed by atoms with Gasteiger partial charge in [0.15, 0.2) is 5.65 Å². The average Bonchev–Trinajstić information content (AvgIpc) is 2.84. The summed E-state index contributed by atoms with van der Waals surface area (Å²) in [5.74, 6) is -1.30. The molecule has 8 heteroatoms. The lowest BCUT2D eigenvalue weighted by Crippen LogP contribution is -2.30. The van der Waals surface area contributed by atoms with Crippen LogP contribution in [0.5, 0.6) is 0 Å². The first-order valence-electron chi connectivity index (χ1n) is 6.59. The topological polar surface area (TPSA) is 109 Å². The van der Waals surface area contributed by atoms with E-state index in [1.807, 2.05) is 6.92 Å². The van der Waals surface area contributed by atoms with Crippen LogP contribution >= 0.6 is 0 Å². The molecule has 0 saturated heterocycles. The van der Waals surface area contributed by atoms with Crippen molar-refractivity contribution in [3.8, 4) is 0 Å². The number of nitrogens with zero attached hydrogens (tertiary/aromatic N) is 3. The van der Waals surface area contributed by atoms with Gasteiger partial charge in [-0.1, -0.05) is 6.92 Å². The standard InChI is InChI=1S/C13H17N5O3/c1-3-4-14-10(19)7-15-11-8-6-17-18(2)12(8)16-5-9(11)13(20)21/h5-6H,3-4,7H2,1-2H3,(H,14,19)(H,15,16)(H,20,21). The summed E-state index contributed by atoms with van der Waals surface area (Å²) in [4.78, 5) is 27.0. The maximum Gasteiger partial charge on any atom is 0.339 e. The second-order valence-corrected chi connectivity index (χ2v) is 4.56. The third kappa shape index (κ3) is 3.10. The van der Waals surface area contributed by atoms with E-state index < -0.39 is 5.97 Å². The third-order valence-electron chi connectivity index (χ3n) is 2.99. The van der Waals surface area contributed by atoms with Gasteiger partial charge >= 0.3 is 5.97 Å². The molecule has 112 valence electrons. The van der Waals surface area contributed by atoms with Crippen LogP contribution in [0, 0.1) is 0 Å². The highest BCUT2D eigenvalue weighted by Gasteiger charge is 2.17. The van der Waals surface area contributed by atoms with Gasteiger partial charge in [0, 0.05) is 19.8 Å². The molecule has 21 heavy (non-hydrogen) atoms. The molecule has 0 aromatic carbocycles. The summed E-state index contributed by atoms with van der Waals surface area (Å²) in [5, 5.41) is 19.4. The quantitative estimate of drug-likeness (QED) is 0.719. The number of carboxylic acids is 1. The van der Waals surface area contributed by atoms with Crippen LogP contribution in [0.2, 0.25) is 0 Å². The molecule has 0 spiro atoms. The second-order valence-electron chi connectivity index (χ2n) is 4.56. The molecule has 0 fully saturated rings. The van der Waals surface area contributed by atoms with Crippen LogP contribution in [0.25, 0.3) is 11.0 Å². The van der Waals surface area contributed by atoms with Gasteiger partial charge in [-0.05, 0) is 6.42 Å². The normalized spacial score (nSPS) is 10.6. The van der Waals surface area contributed by atoms with Gasteiger partial charge in [0.05, 0.1) is 23.8 Å². The van der Waals surface area contributed by atoms with Gasteiger partial charge in [0.25, 0.3) is 0 Å². The minimum absolute atomic E-state index is 0.00567. The Hall–Kier alpha value is -2.64. The number of carboxylic acid groups (broad SMARTS) is 1. The zero-order valence-corrected chi connectivity index (χ0v) is 11.9. The minimum atomic E-state index is -1.11. The van der Waals surface area contributed by atoms with E-state index in [4.69, 9.17) is 0 Å². The molecule has 0 atom stereocenters. The molecule has 2 heterocycles. The summed E-state index contributed by atoms with van der Waals surface area (Å²) >= 11 is 0. The largest absolute Gasteiger partial charge is 0.478 e. The summed E-state index contributed by atoms with van der Waals surface area (Å²) in [6.07, 6.45) is 3.63. The Kier molecular flexibility index (Phi) is 4.36. The number of fused-ring (bicyclic) bond motifs is 1. The Morgan fingerprint density at radius 3 is 2.81 bits per heavy atom. The summed E-state index contributed by atoms with van der Waals surface area (Å²) in [6, 6.07) is 0. The van der Waals surface area contributed by atoms with Crippen LogP contribution in [0.15, 0.2) is 12.4 Å². The van der Waals surface area contributed by atoms with Gasteiger partial charge in [-0.15, -0.1) is 0 Å². The fourth-order valence-electron chi connectivity index (χ4n) is 1.94. The SMILES string of the molecule is CCCNC(=O)CNc1c(C(=O)O)cnc2c1cnn2C. The lowest BCUT2D eigenvalue weighted by molar-refractivity contribution is -0.119. The van der Waals surface area contributed by atoms with Crippen molar-refractivity contribution in [2.24, 2.45) is 7.05 Å². The van der Waals surface area contributed by atoms with E-state index in [0.29, 0.717) is 23.3 Å². The van der Waals surface area contributed by atoms with E-state index in [9.17, 15) is 14.7 Å². The van der Waals surface area contributed by atoms with Gasteiger partial charge in [0.2, 0.25) is 5.91 Å². The van der Waals surface area contributed by atoms with E-state index in [1.54, 1.807) is 11.7 Å². The van der Waals surface area contributed by atoms with E-state index >= 15 is 0 Å². The summed E-state index contributed by atoms with van der Waals surface area (Å²) in [6.45, 7) is 2.54. The zero-order chi connectivity index (χ0) is 15.4. The molecule has 0 saturated carbocycles. The van der Waals surface area contributed by atoms with Crippen molar-refractivity contribution in [3.05, 3.63) is 18.0 Å². The Labute approximate surface area is 121 Å². The summed E-state index contributed by atoms with van der Waals surface area (Å²) < 4.78 is 1.54. The van der Waals surface area contributed by atoms with E-state index in [1.165, 1.54) is 12.4 Å². The lowest BCUT2D eigenvalue weighted by Gasteiger charge is -2.10. The number of nitrogens with one attached hydrogen (secondary N) is 2. The predicted octanol–water partition coefficient (Wildman–Crippen LogP) is 0.605. The highest BCUT2D eigenvalue weighted by atomic mass is 16.4. The number of pyridine rings is 1. The molecule has 0 aliphatic heterocycles. The van der Waals surface area contributed by atoms with Crippen LogP contribution in [0.4, 0.5) is 5.69 Å². The molecule has 0 bridgehead atoms. The molecular formula is C13H17N5O3. The van der Waals surface area contributed by atoms with Gasteiger partial charge < -0.3 is 15.7 Å². The number of aromatic nitrogens is 3. The Bertz CT molecular complexity index is 680. The molecule has 0 aliphatic rings. The molecular weight excluding hydrogens is 274 g/mol. The number of aryl methyl sites for hydroxylation is 1. The van der Waals surface area contributed by atoms with Crippen molar-refractivity contribution in [1.29, 1.82) is 0 Å². The zero-order valence-electron chi connectivity index (χ0n) is 11.9. The first kappa shape index (κ1) is 14.8. The monoisotopic (exact) mass is 291 g/mol. The van der Waals surface area contributed by atoms with Crippen molar-refractivity contribution < 1.29 is 14.7 Å². The Morgan fingerprint density at radius 1 is 1.38 bits per heavy atom. The summed E-state index contributed by atoms with van der Waals surface area (Å²) in [5.41, 5.74) is 0.919. The van der Waals surface area contributed by atoms with Gasteiger partial charge in [-0.2, -0.15) is 5.10 Å². The number of hydrogen-bond acceptors (Lipinski definition) is 5. The highest BCUT2D eigenvalue weighted by Crippen LogP contribution is 2.25. The maximum atomic E-state index is 11.6. The van der Waals surface area contributed by atoms with Gasteiger partial charge in [-0.25, -0.2) is 9.78 Å². The van der Waals surface area contributed by atoms with E-state index in [-0.39, 0.29) is 18.0 Å². The molecule has 1 amide bonds. The number of hydrogen-bond donors (Lipinski definition) is 3. The van der Waals surface area contributed by atoms with Crippen LogP contribution in [0.3, 0.4) is 0 Å². The molecule has 0 aliphatic carbocycles. The molecule has 0 radical (unpaired) electrons. The van der Waals surface area contributed by atoms with Gasteiger partial charge in [0.1, 0.15) is 5.56 Å². The fraction of sp³-hybridized carbons (Fsp3) is 0.385. The highest BCUT2D eigenvalue weighted by molar-refractivity contribution is 6.04. The van der Waals surface area contributed by atoms with Crippen LogP contribution in [-0.2, 0) is 11.8 Å². The summed E-state index contributed by atoms with van der Waals surface area (Å²) in [7, 11) is 1.72. The van der Waals surface area contributed by atoms with Crippen molar-refractivity contribution in [3.63, 3.8) is 0 Å². The number of carbonyl (C=O) groups excluding carboxylic acids is 1. The lowest BCUT2D eigenvalue weighted by atomic mass is 10.2. The Morgan fingerprint density at radius 2 is 2.14 bits per heavy atom. The molecule has 8 nitrogen and oxygen atoms in total. The molecule has 3 N–H and O–H groups in total. The second kappa shape index (κ2) is 6.21. The van der Waals surface area contributed by atoms with E-state index in [0.717, 1.165) is 6.42 Å². The van der Waals surface area contributed by atoms with Crippen LogP contribution in [0.1, 0.15) is 23.7 Å². The van der Waals surface area contributed by atoms with Crippen LogP contribution in [-0.4, -0.2) is 44.8 Å². The number of amides is 1. The van der Waals surface area contributed by atoms with Crippen molar-refractivity contribution in [2.75, 3.05) is 18.4 Å². The third-order valence-corrected chi connectivity index (χ3v) is 2.99. The number of aromatic carboxylic acids is 1. The number of rotatable bonds is 6. The fourth-order valence-corrected chi connectivity index (χ4v) is 1.94. The number of anilines is 1. The minimum Gasteiger partial charge on any atom is -0.478 e. The maximum absolute atomic E-state index is 11.6. The predicted molar refractivity (Wildman–Crippen MR) is 77.3 cm³/mol. The molecule has 2 aromatic rings. The average molecular weight is 291 g/mol. The number of carbonyl (C=O) groups is 2. The van der Waals surface area contributed by atoms with Crippen molar-refractivity contribution >= 4 is 28.6 Å². The Balaban J connectivity index is 2.29. The molecule has 2 rings (SSSR count). The smallest absolute Gasteiger partial charge is 0.339 e. The molecule has 2 aromatic heterocycles. The van der Waals surface area contributed by atoms with Crippen molar-refractivity contribution in [1.82, 2.24) is 20.1 Å². The van der Waals surface area contributed by atoms with Crippen molar-refractivity contribution in [2.45, 2.75) is 13.3 Å². The van der Waals surface area contributed by atoms with Gasteiger partial charge in [-0.3, -0.25) is 9.48 Å². The molecule has 0 unspecified atom stereocenters. The van der Waals surface area contributed by atoms with E-state index in [2.05, 4.69) is 20.7 Å².